The van der Waals surface area contributed by atoms with Gasteiger partial charge in [-0.15, -0.1) is 0 Å². The first-order valence-corrected chi connectivity index (χ1v) is 3.97. The molecule has 5 nitrogen and oxygen atoms in total. The molecule has 0 amide bonds. The average molecular weight is 155 g/mol. The number of quaternary nitrogens is 1. The molecule has 0 radical (unpaired) electrons. The Balaban J connectivity index is 3.53. The molecule has 2 N–H and O–H groups in total. The highest BCUT2D eigenvalue weighted by atomic mass is 32.2. The zero-order valence-corrected chi connectivity index (χ0v) is 5.81. The SMILES string of the molecule is C[NH+]([O-])CCS(=O)(=O)O. The molecular weight excluding hydrogens is 146 g/mol. The zero-order valence-electron chi connectivity index (χ0n) is 4.99. The second-order valence-electron chi connectivity index (χ2n) is 1.74. The summed E-state index contributed by atoms with van der Waals surface area (Å²) in [6, 6.07) is 0. The second-order valence-corrected chi connectivity index (χ2v) is 3.31. The van der Waals surface area contributed by atoms with E-state index in [1.165, 1.54) is 7.05 Å². The van der Waals surface area contributed by atoms with Gasteiger partial charge in [0.2, 0.25) is 0 Å². The molecule has 0 saturated carbocycles. The molecule has 6 heteroatoms. The van der Waals surface area contributed by atoms with E-state index in [0.717, 1.165) is 0 Å². The smallest absolute Gasteiger partial charge is 0.270 e. The Labute approximate surface area is 53.6 Å². The number of hydrogen-bond acceptors (Lipinski definition) is 3. The molecule has 1 unspecified atom stereocenters. The van der Waals surface area contributed by atoms with Gasteiger partial charge >= 0.3 is 0 Å². The lowest BCUT2D eigenvalue weighted by molar-refractivity contribution is -0.822. The van der Waals surface area contributed by atoms with Crippen LogP contribution in [-0.2, 0) is 10.1 Å². The van der Waals surface area contributed by atoms with Crippen molar-refractivity contribution in [2.75, 3.05) is 19.3 Å². The molecule has 0 saturated heterocycles. The molecule has 0 aliphatic carbocycles. The molecule has 0 heterocycles. The highest BCUT2D eigenvalue weighted by Gasteiger charge is 2.04. The van der Waals surface area contributed by atoms with E-state index in [2.05, 4.69) is 0 Å². The molecule has 0 bridgehead atoms. The van der Waals surface area contributed by atoms with Crippen LogP contribution in [0.2, 0.25) is 0 Å². The minimum absolute atomic E-state index is 0.112. The minimum Gasteiger partial charge on any atom is -0.634 e. The van der Waals surface area contributed by atoms with Gasteiger partial charge in [0, 0.05) is 0 Å². The summed E-state index contributed by atoms with van der Waals surface area (Å²) in [6.07, 6.45) is 0. The van der Waals surface area contributed by atoms with Crippen LogP contribution in [-0.4, -0.2) is 32.3 Å². The van der Waals surface area contributed by atoms with Crippen LogP contribution in [0.1, 0.15) is 0 Å². The van der Waals surface area contributed by atoms with Crippen molar-refractivity contribution in [2.24, 2.45) is 0 Å². The molecular formula is C3H9NO4S. The van der Waals surface area contributed by atoms with Crippen LogP contribution in [0.15, 0.2) is 0 Å². The van der Waals surface area contributed by atoms with E-state index in [9.17, 15) is 13.6 Å². The third-order valence-corrected chi connectivity index (χ3v) is 1.43. The standard InChI is InChI=1S/C3H9NO4S/c1-4(5)2-3-9(6,7)8/h4H,2-3H2,1H3,(H,6,7,8). The number of hydrogen-bond donors (Lipinski definition) is 2. The first-order valence-electron chi connectivity index (χ1n) is 2.36. The molecule has 0 fully saturated rings. The maximum atomic E-state index is 10.1. The Bertz CT molecular complexity index is 161. The number of nitrogens with one attached hydrogen (secondary N) is 1. The van der Waals surface area contributed by atoms with Crippen molar-refractivity contribution in [1.82, 2.24) is 0 Å². The van der Waals surface area contributed by atoms with Crippen molar-refractivity contribution < 1.29 is 18.0 Å². The number of hydroxylamine groups is 2. The quantitative estimate of drug-likeness (QED) is 0.361. The van der Waals surface area contributed by atoms with Gasteiger partial charge in [0.25, 0.3) is 10.1 Å². The van der Waals surface area contributed by atoms with Crippen molar-refractivity contribution in [3.63, 3.8) is 0 Å². The van der Waals surface area contributed by atoms with Gasteiger partial charge in [0.05, 0.1) is 13.6 Å². The van der Waals surface area contributed by atoms with Crippen molar-refractivity contribution in [2.45, 2.75) is 0 Å². The van der Waals surface area contributed by atoms with Crippen molar-refractivity contribution >= 4 is 10.1 Å². The van der Waals surface area contributed by atoms with Gasteiger partial charge in [-0.05, 0) is 0 Å². The lowest BCUT2D eigenvalue weighted by atomic mass is 10.7. The Kier molecular flexibility index (Phi) is 3.06. The second kappa shape index (κ2) is 3.11. The van der Waals surface area contributed by atoms with Gasteiger partial charge in [0.1, 0.15) is 5.75 Å². The third-order valence-electron chi connectivity index (χ3n) is 0.712. The van der Waals surface area contributed by atoms with E-state index in [1.807, 2.05) is 0 Å². The van der Waals surface area contributed by atoms with Crippen LogP contribution in [0.5, 0.6) is 0 Å². The van der Waals surface area contributed by atoms with Gasteiger partial charge < -0.3 is 10.3 Å². The van der Waals surface area contributed by atoms with Crippen molar-refractivity contribution in [3.8, 4) is 0 Å². The molecule has 0 spiro atoms. The molecule has 0 aromatic rings. The van der Waals surface area contributed by atoms with Crippen LogP contribution < -0.4 is 5.06 Å². The summed E-state index contributed by atoms with van der Waals surface area (Å²) >= 11 is 0. The highest BCUT2D eigenvalue weighted by molar-refractivity contribution is 7.85. The Morgan fingerprint density at radius 1 is 1.67 bits per heavy atom. The zero-order chi connectivity index (χ0) is 7.49. The fourth-order valence-electron chi connectivity index (χ4n) is 0.273. The third kappa shape index (κ3) is 7.83. The monoisotopic (exact) mass is 155 g/mol. The van der Waals surface area contributed by atoms with E-state index < -0.39 is 15.9 Å². The van der Waals surface area contributed by atoms with Crippen molar-refractivity contribution in [3.05, 3.63) is 5.21 Å². The van der Waals surface area contributed by atoms with Gasteiger partial charge in [0.15, 0.2) is 0 Å². The Hall–Kier alpha value is -0.170. The van der Waals surface area contributed by atoms with Crippen molar-refractivity contribution in [1.29, 1.82) is 0 Å². The maximum Gasteiger partial charge on any atom is 0.270 e. The van der Waals surface area contributed by atoms with Gasteiger partial charge in [-0.1, -0.05) is 0 Å². The lowest BCUT2D eigenvalue weighted by Crippen LogP contribution is -3.04. The molecule has 0 aromatic carbocycles. The van der Waals surface area contributed by atoms with Gasteiger partial charge in [-0.2, -0.15) is 8.42 Å². The summed E-state index contributed by atoms with van der Waals surface area (Å²) in [5, 5.41) is 9.87. The van der Waals surface area contributed by atoms with E-state index >= 15 is 0 Å². The summed E-state index contributed by atoms with van der Waals surface area (Å²) in [4.78, 5) is 0. The minimum atomic E-state index is -3.94. The molecule has 0 aliphatic heterocycles. The van der Waals surface area contributed by atoms with Crippen LogP contribution in [0, 0.1) is 5.21 Å². The van der Waals surface area contributed by atoms with Gasteiger partial charge in [-0.3, -0.25) is 4.55 Å². The van der Waals surface area contributed by atoms with Crippen LogP contribution in [0.25, 0.3) is 0 Å². The molecule has 1 atom stereocenters. The summed E-state index contributed by atoms with van der Waals surface area (Å²) in [7, 11) is -2.67. The average Bonchev–Trinajstić information content (AvgIpc) is 1.59. The largest absolute Gasteiger partial charge is 0.634 e. The normalized spacial score (nSPS) is 15.4. The first kappa shape index (κ1) is 8.83. The highest BCUT2D eigenvalue weighted by Crippen LogP contribution is 1.74. The summed E-state index contributed by atoms with van der Waals surface area (Å²) in [5.41, 5.74) is 0. The molecule has 0 rings (SSSR count). The van der Waals surface area contributed by atoms with E-state index in [1.54, 1.807) is 0 Å². The predicted octanol–water partition coefficient (Wildman–Crippen LogP) is -2.11. The Morgan fingerprint density at radius 2 is 2.11 bits per heavy atom. The Morgan fingerprint density at radius 3 is 2.22 bits per heavy atom. The molecule has 56 valence electrons. The fourth-order valence-corrected chi connectivity index (χ4v) is 0.818. The number of rotatable bonds is 3. The first-order chi connectivity index (χ1) is 3.92. The van der Waals surface area contributed by atoms with Gasteiger partial charge in [-0.25, -0.2) is 0 Å². The van der Waals surface area contributed by atoms with E-state index in [4.69, 9.17) is 4.55 Å². The fraction of sp³-hybridized carbons (Fsp3) is 1.00. The molecule has 0 aliphatic rings. The predicted molar refractivity (Wildman–Crippen MR) is 31.5 cm³/mol. The molecule has 9 heavy (non-hydrogen) atoms. The molecule has 0 aromatic heterocycles. The summed E-state index contributed by atoms with van der Waals surface area (Å²) < 4.78 is 28.0. The summed E-state index contributed by atoms with van der Waals surface area (Å²) in [5.74, 6) is -0.470. The lowest BCUT2D eigenvalue weighted by Gasteiger charge is -2.13. The maximum absolute atomic E-state index is 10.1. The van der Waals surface area contributed by atoms with Crippen LogP contribution in [0.4, 0.5) is 0 Å². The van der Waals surface area contributed by atoms with Crippen LogP contribution in [0.3, 0.4) is 0 Å². The topological polar surface area (TPSA) is 81.9 Å². The summed E-state index contributed by atoms with van der Waals surface area (Å²) in [6.45, 7) is -0.112. The van der Waals surface area contributed by atoms with Crippen LogP contribution >= 0.6 is 0 Å². The van der Waals surface area contributed by atoms with E-state index in [0.29, 0.717) is 0 Å². The van der Waals surface area contributed by atoms with E-state index in [-0.39, 0.29) is 11.6 Å².